The second-order valence-electron chi connectivity index (χ2n) is 10.0. The molecule has 1 aliphatic heterocycles. The molecule has 196 valence electrons. The molecule has 0 bridgehead atoms. The predicted octanol–water partition coefficient (Wildman–Crippen LogP) is 4.59. The molecule has 2 aromatic carbocycles. The van der Waals surface area contributed by atoms with Crippen LogP contribution in [0.4, 0.5) is 5.82 Å². The summed E-state index contributed by atoms with van der Waals surface area (Å²) < 4.78 is 9.20. The van der Waals surface area contributed by atoms with Gasteiger partial charge in [-0.25, -0.2) is 9.78 Å². The zero-order valence-corrected chi connectivity index (χ0v) is 21.4. The van der Waals surface area contributed by atoms with Gasteiger partial charge in [-0.1, -0.05) is 24.3 Å². The maximum absolute atomic E-state index is 14.0. The van der Waals surface area contributed by atoms with Crippen molar-refractivity contribution in [3.05, 3.63) is 89.0 Å². The number of piperidine rings is 1. The van der Waals surface area contributed by atoms with E-state index in [9.17, 15) is 14.9 Å². The molecule has 9 nitrogen and oxygen atoms in total. The van der Waals surface area contributed by atoms with Crippen molar-refractivity contribution in [2.75, 3.05) is 18.8 Å². The van der Waals surface area contributed by atoms with Gasteiger partial charge in [0.05, 0.1) is 17.2 Å². The third-order valence-electron chi connectivity index (χ3n) is 7.31. The number of anilines is 1. The number of hydrogen-bond acceptors (Lipinski definition) is 6. The second kappa shape index (κ2) is 10.1. The van der Waals surface area contributed by atoms with E-state index in [2.05, 4.69) is 11.1 Å². The minimum absolute atomic E-state index is 0.194. The van der Waals surface area contributed by atoms with E-state index in [-0.39, 0.29) is 29.0 Å². The quantitative estimate of drug-likeness (QED) is 0.293. The van der Waals surface area contributed by atoms with Crippen molar-refractivity contribution in [2.45, 2.75) is 31.7 Å². The van der Waals surface area contributed by atoms with Crippen molar-refractivity contribution in [3.8, 4) is 23.3 Å². The predicted molar refractivity (Wildman–Crippen MR) is 148 cm³/mol. The first-order chi connectivity index (χ1) is 19.0. The van der Waals surface area contributed by atoms with Gasteiger partial charge in [0.15, 0.2) is 0 Å². The Hall–Kier alpha value is -4.84. The molecule has 1 aliphatic carbocycles. The summed E-state index contributed by atoms with van der Waals surface area (Å²) in [6.45, 7) is 0.895. The number of para-hydroxylation sites is 1. The number of nitrogens with two attached hydrogens (primary N) is 1. The van der Waals surface area contributed by atoms with E-state index in [1.807, 2.05) is 42.5 Å². The van der Waals surface area contributed by atoms with Crippen LogP contribution in [0, 0.1) is 17.2 Å². The average molecular weight is 521 g/mol. The van der Waals surface area contributed by atoms with Crippen LogP contribution in [0.25, 0.3) is 16.7 Å². The summed E-state index contributed by atoms with van der Waals surface area (Å²) in [7, 11) is 0. The van der Waals surface area contributed by atoms with Crippen molar-refractivity contribution in [2.24, 2.45) is 5.92 Å². The lowest BCUT2D eigenvalue weighted by atomic mass is 10.0. The Morgan fingerprint density at radius 1 is 1.05 bits per heavy atom. The first kappa shape index (κ1) is 24.5. The number of nitrogen functional groups attached to an aromatic ring is 1. The maximum atomic E-state index is 14.0. The van der Waals surface area contributed by atoms with E-state index >= 15 is 0 Å². The normalized spacial score (nSPS) is 17.7. The number of benzene rings is 2. The number of amides is 1. The number of imidazole rings is 1. The Balaban J connectivity index is 1.34. The van der Waals surface area contributed by atoms with Crippen LogP contribution in [0.15, 0.2) is 83.3 Å². The van der Waals surface area contributed by atoms with Crippen LogP contribution in [0.2, 0.25) is 0 Å². The van der Waals surface area contributed by atoms with Crippen LogP contribution in [-0.2, 0) is 4.79 Å². The summed E-state index contributed by atoms with van der Waals surface area (Å²) in [5.41, 5.74) is 8.06. The van der Waals surface area contributed by atoms with Crippen molar-refractivity contribution in [3.63, 3.8) is 0 Å². The zero-order valence-electron chi connectivity index (χ0n) is 21.4. The van der Waals surface area contributed by atoms with E-state index in [0.717, 1.165) is 31.4 Å². The largest absolute Gasteiger partial charge is 0.457 e. The first-order valence-corrected chi connectivity index (χ1v) is 13.2. The Morgan fingerprint density at radius 3 is 2.51 bits per heavy atom. The number of nitriles is 1. The van der Waals surface area contributed by atoms with E-state index in [4.69, 9.17) is 10.5 Å². The molecule has 2 aliphatic rings. The molecule has 0 spiro atoms. The first-order valence-electron chi connectivity index (χ1n) is 13.2. The summed E-state index contributed by atoms with van der Waals surface area (Å²) in [6, 6.07) is 20.3. The van der Waals surface area contributed by atoms with Gasteiger partial charge in [-0.15, -0.1) is 0 Å². The van der Waals surface area contributed by atoms with Gasteiger partial charge in [0, 0.05) is 19.3 Å². The van der Waals surface area contributed by atoms with Crippen LogP contribution in [0.3, 0.4) is 0 Å². The number of likely N-dealkylation sites (tertiary alicyclic amines) is 1. The number of rotatable bonds is 6. The number of pyridine rings is 1. The van der Waals surface area contributed by atoms with Gasteiger partial charge < -0.3 is 15.4 Å². The Bertz CT molecular complexity index is 1660. The summed E-state index contributed by atoms with van der Waals surface area (Å²) >= 11 is 0. The van der Waals surface area contributed by atoms with Gasteiger partial charge in [0.25, 0.3) is 5.91 Å². The molecule has 0 unspecified atom stereocenters. The lowest BCUT2D eigenvalue weighted by molar-refractivity contribution is -0.128. The third kappa shape index (κ3) is 4.77. The second-order valence-corrected chi connectivity index (χ2v) is 10.0. The standard InChI is InChI=1S/C30H28N6O3/c31-18-21(17-20-8-9-20)29(37)34-16-4-5-23(19-34)35-26-14-15-33-28(32)27(26)36(30(35)38)22-10-12-25(13-11-22)39-24-6-2-1-3-7-24/h1-3,6-7,10-15,17,20,23H,4-5,8-9,16,19H2,(H2,32,33)/b21-17-/t23-/m1/s1. The highest BCUT2D eigenvalue weighted by Gasteiger charge is 2.31. The molecule has 6 rings (SSSR count). The molecular formula is C30H28N6O3. The number of carbonyl (C=O) groups is 1. The molecule has 1 amide bonds. The molecule has 2 fully saturated rings. The lowest BCUT2D eigenvalue weighted by Crippen LogP contribution is -2.43. The average Bonchev–Trinajstić information content (AvgIpc) is 3.73. The van der Waals surface area contributed by atoms with Gasteiger partial charge in [0.1, 0.15) is 34.5 Å². The summed E-state index contributed by atoms with van der Waals surface area (Å²) in [5.74, 6) is 1.67. The highest BCUT2D eigenvalue weighted by Crippen LogP contribution is 2.33. The number of fused-ring (bicyclic) bond motifs is 1. The summed E-state index contributed by atoms with van der Waals surface area (Å²) in [4.78, 5) is 33.1. The number of carbonyl (C=O) groups excluding carboxylic acids is 1. The van der Waals surface area contributed by atoms with Gasteiger partial charge in [-0.3, -0.25) is 13.9 Å². The number of aromatic nitrogens is 3. The SMILES string of the molecule is N#C/C(=C/C1CC1)C(=O)N1CCC[C@@H](n2c(=O)n(-c3ccc(Oc4ccccc4)cc3)c3c(N)nccc32)C1. The molecule has 3 heterocycles. The molecule has 2 aromatic heterocycles. The van der Waals surface area contributed by atoms with Gasteiger partial charge >= 0.3 is 5.69 Å². The zero-order chi connectivity index (χ0) is 26.9. The van der Waals surface area contributed by atoms with Crippen LogP contribution in [0.1, 0.15) is 31.7 Å². The molecule has 2 N–H and O–H groups in total. The summed E-state index contributed by atoms with van der Waals surface area (Å²) in [6.07, 6.45) is 6.87. The van der Waals surface area contributed by atoms with Crippen LogP contribution in [-0.4, -0.2) is 38.0 Å². The summed E-state index contributed by atoms with van der Waals surface area (Å²) in [5, 5.41) is 9.58. The van der Waals surface area contributed by atoms with Gasteiger partial charge in [-0.2, -0.15) is 5.26 Å². The number of allylic oxidation sites excluding steroid dienone is 1. The maximum Gasteiger partial charge on any atom is 0.334 e. The van der Waals surface area contributed by atoms with Crippen LogP contribution >= 0.6 is 0 Å². The molecule has 1 atom stereocenters. The number of nitrogens with zero attached hydrogens (tertiary/aromatic N) is 5. The highest BCUT2D eigenvalue weighted by molar-refractivity contribution is 5.97. The van der Waals surface area contributed by atoms with E-state index in [1.165, 1.54) is 0 Å². The fraction of sp³-hybridized carbons (Fsp3) is 0.267. The number of ether oxygens (including phenoxy) is 1. The van der Waals surface area contributed by atoms with Crippen LogP contribution < -0.4 is 16.2 Å². The molecule has 0 radical (unpaired) electrons. The van der Waals surface area contributed by atoms with Gasteiger partial charge in [-0.05, 0) is 74.1 Å². The Morgan fingerprint density at radius 2 is 1.79 bits per heavy atom. The van der Waals surface area contributed by atoms with E-state index in [0.29, 0.717) is 41.5 Å². The van der Waals surface area contributed by atoms with Crippen LogP contribution in [0.5, 0.6) is 11.5 Å². The minimum Gasteiger partial charge on any atom is -0.457 e. The molecule has 4 aromatic rings. The van der Waals surface area contributed by atoms with Gasteiger partial charge in [0.2, 0.25) is 0 Å². The smallest absolute Gasteiger partial charge is 0.334 e. The Labute approximate surface area is 225 Å². The highest BCUT2D eigenvalue weighted by atomic mass is 16.5. The monoisotopic (exact) mass is 520 g/mol. The van der Waals surface area contributed by atoms with E-state index in [1.54, 1.807) is 44.5 Å². The molecule has 39 heavy (non-hydrogen) atoms. The molecule has 1 saturated heterocycles. The lowest BCUT2D eigenvalue weighted by Gasteiger charge is -2.33. The van der Waals surface area contributed by atoms with Crippen molar-refractivity contribution in [1.82, 2.24) is 19.0 Å². The molecule has 9 heteroatoms. The third-order valence-corrected chi connectivity index (χ3v) is 7.31. The van der Waals surface area contributed by atoms with E-state index < -0.39 is 0 Å². The fourth-order valence-electron chi connectivity index (χ4n) is 5.24. The number of hydrogen-bond donors (Lipinski definition) is 1. The molecular weight excluding hydrogens is 492 g/mol. The minimum atomic E-state index is -0.263. The van der Waals surface area contributed by atoms with Crippen molar-refractivity contribution < 1.29 is 9.53 Å². The Kier molecular flexibility index (Phi) is 6.37. The van der Waals surface area contributed by atoms with Crippen molar-refractivity contribution >= 4 is 22.8 Å². The fourth-order valence-corrected chi connectivity index (χ4v) is 5.24. The molecule has 1 saturated carbocycles. The van der Waals surface area contributed by atoms with Crippen molar-refractivity contribution in [1.29, 1.82) is 5.26 Å². The topological polar surface area (TPSA) is 119 Å².